The highest BCUT2D eigenvalue weighted by molar-refractivity contribution is 7.96. The Morgan fingerprint density at radius 2 is 1.82 bits per heavy atom. The van der Waals surface area contributed by atoms with Gasteiger partial charge in [0, 0.05) is 37.6 Å². The van der Waals surface area contributed by atoms with Crippen LogP contribution in [0.3, 0.4) is 0 Å². The number of rotatable bonds is 5. The number of nitrogens with zero attached hydrogens (tertiary/aromatic N) is 4. The maximum absolute atomic E-state index is 11.9. The zero-order valence-electron chi connectivity index (χ0n) is 16.2. The normalized spacial score (nSPS) is 20.4. The van der Waals surface area contributed by atoms with E-state index in [0.717, 1.165) is 67.6 Å². The van der Waals surface area contributed by atoms with E-state index in [1.165, 1.54) is 0 Å². The van der Waals surface area contributed by atoms with Gasteiger partial charge in [-0.05, 0) is 30.7 Å². The number of ether oxygens (including phenoxy) is 2. The molecule has 1 aromatic heterocycles. The Labute approximate surface area is 166 Å². The smallest absolute Gasteiger partial charge is 0.162 e. The Balaban J connectivity index is 1.56. The molecule has 1 N–H and O–H groups in total. The van der Waals surface area contributed by atoms with Crippen LogP contribution in [-0.2, 0) is 11.0 Å². The third kappa shape index (κ3) is 3.33. The molecule has 1 spiro atoms. The first-order valence-corrected chi connectivity index (χ1v) is 10.5. The summed E-state index contributed by atoms with van der Waals surface area (Å²) in [6, 6.07) is 3.82. The summed E-state index contributed by atoms with van der Waals surface area (Å²) >= 11 is 0. The molecule has 2 aromatic rings. The van der Waals surface area contributed by atoms with E-state index in [-0.39, 0.29) is 5.41 Å². The molecule has 150 valence electrons. The molecule has 0 bridgehead atoms. The highest BCUT2D eigenvalue weighted by atomic mass is 32.2. The molecule has 2 saturated heterocycles. The molecule has 0 aliphatic carbocycles. The molecule has 9 heteroatoms. The summed E-state index contributed by atoms with van der Waals surface area (Å²) in [5, 5.41) is 16.7. The summed E-state index contributed by atoms with van der Waals surface area (Å²) in [5.74, 6) is 1.32. The molecule has 1 atom stereocenters. The van der Waals surface area contributed by atoms with E-state index in [9.17, 15) is 4.21 Å². The van der Waals surface area contributed by atoms with Crippen LogP contribution in [0.25, 0.3) is 10.9 Å². The molecule has 2 aliphatic heterocycles. The Morgan fingerprint density at radius 1 is 1.14 bits per heavy atom. The molecule has 28 heavy (non-hydrogen) atoms. The summed E-state index contributed by atoms with van der Waals surface area (Å²) in [7, 11) is 1.96. The van der Waals surface area contributed by atoms with Crippen molar-refractivity contribution < 1.29 is 13.7 Å². The van der Waals surface area contributed by atoms with Gasteiger partial charge in [0.15, 0.2) is 11.5 Å². The molecule has 2 aliphatic rings. The maximum Gasteiger partial charge on any atom is 0.162 e. The minimum atomic E-state index is -1.28. The van der Waals surface area contributed by atoms with E-state index in [1.54, 1.807) is 14.2 Å². The Kier molecular flexibility index (Phi) is 5.20. The number of hydrogen-bond acceptors (Lipinski definition) is 7. The highest BCUT2D eigenvalue weighted by Crippen LogP contribution is 2.43. The van der Waals surface area contributed by atoms with Crippen LogP contribution in [0.2, 0.25) is 0 Å². The number of hydrogen-bond donors (Lipinski definition) is 1. The lowest BCUT2D eigenvalue weighted by Crippen LogP contribution is -2.42. The standard InChI is InChI=1S/C19H25N5O3S/c1-26-17-9-14-15(10-18(17)27-2)22-21-11-16(14)23-6-3-19(4-7-23)5-8-24(12-19)28(25)13-20/h9-11,13,20H,3-8,12H2,1-2H3. The number of anilines is 1. The predicted octanol–water partition coefficient (Wildman–Crippen LogP) is 2.21. The molecule has 1 unspecified atom stereocenters. The van der Waals surface area contributed by atoms with E-state index >= 15 is 0 Å². The zero-order valence-corrected chi connectivity index (χ0v) is 17.0. The first-order chi connectivity index (χ1) is 13.6. The van der Waals surface area contributed by atoms with Crippen LogP contribution in [0, 0.1) is 10.8 Å². The van der Waals surface area contributed by atoms with Crippen LogP contribution >= 0.6 is 0 Å². The number of fused-ring (bicyclic) bond motifs is 1. The summed E-state index contributed by atoms with van der Waals surface area (Å²) in [6.45, 7) is 3.45. The highest BCUT2D eigenvalue weighted by Gasteiger charge is 2.42. The van der Waals surface area contributed by atoms with Gasteiger partial charge in [-0.3, -0.25) is 5.41 Å². The van der Waals surface area contributed by atoms with Gasteiger partial charge in [-0.2, -0.15) is 10.2 Å². The fourth-order valence-electron chi connectivity index (χ4n) is 4.38. The van der Waals surface area contributed by atoms with Gasteiger partial charge in [0.05, 0.1) is 37.2 Å². The van der Waals surface area contributed by atoms with Gasteiger partial charge in [0.1, 0.15) is 11.0 Å². The van der Waals surface area contributed by atoms with Crippen LogP contribution in [0.4, 0.5) is 5.69 Å². The topological polar surface area (TPSA) is 91.6 Å². The van der Waals surface area contributed by atoms with Crippen molar-refractivity contribution in [3.63, 3.8) is 0 Å². The van der Waals surface area contributed by atoms with E-state index < -0.39 is 11.0 Å². The van der Waals surface area contributed by atoms with E-state index in [4.69, 9.17) is 14.9 Å². The summed E-state index contributed by atoms with van der Waals surface area (Å²) in [5.41, 5.74) is 3.07. The van der Waals surface area contributed by atoms with Gasteiger partial charge in [-0.25, -0.2) is 8.51 Å². The number of aromatic nitrogens is 2. The van der Waals surface area contributed by atoms with Crippen molar-refractivity contribution >= 4 is 33.1 Å². The van der Waals surface area contributed by atoms with Crippen molar-refractivity contribution in [1.82, 2.24) is 14.5 Å². The van der Waals surface area contributed by atoms with Crippen molar-refractivity contribution in [2.24, 2.45) is 5.41 Å². The molecule has 0 radical (unpaired) electrons. The number of benzene rings is 1. The van der Waals surface area contributed by atoms with Gasteiger partial charge in [0.25, 0.3) is 0 Å². The monoisotopic (exact) mass is 403 g/mol. The van der Waals surface area contributed by atoms with Gasteiger partial charge in [-0.15, -0.1) is 0 Å². The van der Waals surface area contributed by atoms with Gasteiger partial charge in [-0.1, -0.05) is 0 Å². The molecule has 2 fully saturated rings. The predicted molar refractivity (Wildman–Crippen MR) is 110 cm³/mol. The molecule has 4 rings (SSSR count). The molecular formula is C19H25N5O3S. The van der Waals surface area contributed by atoms with Crippen molar-refractivity contribution in [3.05, 3.63) is 18.3 Å². The molecule has 0 amide bonds. The second-order valence-corrected chi connectivity index (χ2v) is 8.75. The minimum Gasteiger partial charge on any atom is -0.493 e. The van der Waals surface area contributed by atoms with E-state index in [0.29, 0.717) is 11.5 Å². The first-order valence-electron chi connectivity index (χ1n) is 9.38. The van der Waals surface area contributed by atoms with Gasteiger partial charge >= 0.3 is 0 Å². The fraction of sp³-hybridized carbons (Fsp3) is 0.526. The van der Waals surface area contributed by atoms with Crippen LogP contribution in [0.1, 0.15) is 19.3 Å². The summed E-state index contributed by atoms with van der Waals surface area (Å²) in [4.78, 5) is 2.35. The van der Waals surface area contributed by atoms with E-state index in [2.05, 4.69) is 15.1 Å². The van der Waals surface area contributed by atoms with E-state index in [1.807, 2.05) is 22.6 Å². The van der Waals surface area contributed by atoms with Gasteiger partial charge < -0.3 is 14.4 Å². The number of methoxy groups -OCH3 is 2. The SMILES string of the molecule is COc1cc2nncc(N3CCC4(CC3)CCN(S(=O)C=N)C4)c2cc1OC. The third-order valence-electron chi connectivity index (χ3n) is 6.05. The average Bonchev–Trinajstić information content (AvgIpc) is 3.15. The first kappa shape index (κ1) is 19.1. The molecule has 8 nitrogen and oxygen atoms in total. The molecule has 3 heterocycles. The Morgan fingerprint density at radius 3 is 2.50 bits per heavy atom. The second-order valence-electron chi connectivity index (χ2n) is 7.45. The van der Waals surface area contributed by atoms with Crippen LogP contribution in [0.5, 0.6) is 11.5 Å². The summed E-state index contributed by atoms with van der Waals surface area (Å²) in [6.07, 6.45) is 4.93. The summed E-state index contributed by atoms with van der Waals surface area (Å²) < 4.78 is 24.7. The largest absolute Gasteiger partial charge is 0.493 e. The molecule has 0 saturated carbocycles. The Bertz CT molecular complexity index is 914. The maximum atomic E-state index is 11.9. The molecule has 1 aromatic carbocycles. The van der Waals surface area contributed by atoms with Crippen LogP contribution in [-0.4, -0.2) is 64.7 Å². The van der Waals surface area contributed by atoms with Gasteiger partial charge in [0.2, 0.25) is 0 Å². The quantitative estimate of drug-likeness (QED) is 0.608. The van der Waals surface area contributed by atoms with Crippen LogP contribution in [0.15, 0.2) is 18.3 Å². The third-order valence-corrected chi connectivity index (χ3v) is 7.07. The van der Waals surface area contributed by atoms with Crippen LogP contribution < -0.4 is 14.4 Å². The number of piperidine rings is 1. The Hall–Kier alpha value is -2.26. The average molecular weight is 404 g/mol. The number of nitrogens with one attached hydrogen (secondary N) is 1. The lowest BCUT2D eigenvalue weighted by atomic mass is 9.77. The fourth-order valence-corrected chi connectivity index (χ4v) is 5.20. The lowest BCUT2D eigenvalue weighted by molar-refractivity contribution is 0.236. The van der Waals surface area contributed by atoms with Crippen molar-refractivity contribution in [2.75, 3.05) is 45.3 Å². The van der Waals surface area contributed by atoms with Crippen molar-refractivity contribution in [1.29, 1.82) is 5.41 Å². The van der Waals surface area contributed by atoms with Crippen molar-refractivity contribution in [3.8, 4) is 11.5 Å². The molecular weight excluding hydrogens is 378 g/mol. The van der Waals surface area contributed by atoms with Crippen molar-refractivity contribution in [2.45, 2.75) is 19.3 Å². The zero-order chi connectivity index (χ0) is 19.7. The lowest BCUT2D eigenvalue weighted by Gasteiger charge is -2.40. The minimum absolute atomic E-state index is 0.201. The second kappa shape index (κ2) is 7.63.